The summed E-state index contributed by atoms with van der Waals surface area (Å²) in [5.74, 6) is -2.12. The van der Waals surface area contributed by atoms with Crippen molar-refractivity contribution in [3.05, 3.63) is 0 Å². The zero-order valence-corrected chi connectivity index (χ0v) is 67.7. The number of hydrogen-bond acceptors (Lipinski definition) is 15. The molecule has 17 nitrogen and oxygen atoms in total. The molecule has 0 saturated carbocycles. The first kappa shape index (κ1) is 99.1. The third kappa shape index (κ3) is 76.1. The van der Waals surface area contributed by atoms with Crippen molar-refractivity contribution in [2.24, 2.45) is 0 Å². The first-order valence-corrected chi connectivity index (χ1v) is 45.8. The van der Waals surface area contributed by atoms with E-state index < -0.39 is 97.5 Å². The van der Waals surface area contributed by atoms with Gasteiger partial charge in [-0.15, -0.1) is 0 Å². The van der Waals surface area contributed by atoms with E-state index in [1.54, 1.807) is 0 Å². The van der Waals surface area contributed by atoms with Crippen molar-refractivity contribution < 1.29 is 80.2 Å². The van der Waals surface area contributed by atoms with Crippen molar-refractivity contribution in [3.8, 4) is 0 Å². The molecule has 0 aliphatic heterocycles. The maximum absolute atomic E-state index is 13.1. The Morgan fingerprint density at radius 3 is 0.584 bits per heavy atom. The fraction of sp³-hybridized carbons (Fsp3) is 0.951. The average Bonchev–Trinajstić information content (AvgIpc) is 0.974. The number of aliphatic hydroxyl groups excluding tert-OH is 1. The Labute approximate surface area is 619 Å². The van der Waals surface area contributed by atoms with E-state index in [1.807, 2.05) is 0 Å². The fourth-order valence-electron chi connectivity index (χ4n) is 12.8. The van der Waals surface area contributed by atoms with Gasteiger partial charge in [0, 0.05) is 25.7 Å². The Hall–Kier alpha value is -1.94. The minimum atomic E-state index is -4.96. The summed E-state index contributed by atoms with van der Waals surface area (Å²) in [7, 11) is -9.91. The molecule has 19 heteroatoms. The van der Waals surface area contributed by atoms with Crippen LogP contribution in [0.25, 0.3) is 0 Å². The monoisotopic (exact) mass is 1480 g/mol. The SMILES string of the molecule is CCCCCCCCCCCCCCCCCCCCCCCC(=O)O[C@H](COC(=O)CCCCCCCCCCCCCCCCCCCC)COP(=O)(O)OC[C@@H](O)COP(=O)(O)OC[C@@H](COC(=O)CCCCCCC)OC(=O)CCCCCCCCCCCCCCCCCCC. The van der Waals surface area contributed by atoms with Crippen LogP contribution < -0.4 is 0 Å². The zero-order valence-electron chi connectivity index (χ0n) is 65.9. The summed E-state index contributed by atoms with van der Waals surface area (Å²) in [5.41, 5.74) is 0. The lowest BCUT2D eigenvalue weighted by molar-refractivity contribution is -0.161. The number of carbonyl (C=O) groups excluding carboxylic acids is 4. The molecule has 3 N–H and O–H groups in total. The van der Waals surface area contributed by atoms with Gasteiger partial charge in [-0.05, 0) is 25.7 Å². The Kier molecular flexibility index (Phi) is 74.8. The Morgan fingerprint density at radius 1 is 0.238 bits per heavy atom. The molecule has 0 bridgehead atoms. The standard InChI is InChI=1S/C82H160O17P2/c1-5-9-13-17-20-23-26-29-32-35-37-38-39-42-45-48-51-54-57-61-65-69-82(87)99-78(73-93-80(85)67-63-59-55-52-49-46-43-41-36-33-30-27-24-21-18-14-10-6-2)75-97-101(90,91)95-71-76(83)70-94-100(88,89)96-74-77(72-92-79(84)66-62-58-16-12-8-4)98-81(86)68-64-60-56-53-50-47-44-40-34-31-28-25-22-19-15-11-7-3/h76-78,83H,5-75H2,1-4H3,(H,88,89)(H,90,91)/t76-,77+,78+/m0/s1. The van der Waals surface area contributed by atoms with E-state index in [-0.39, 0.29) is 25.7 Å². The van der Waals surface area contributed by atoms with E-state index in [2.05, 4.69) is 27.7 Å². The average molecular weight is 1480 g/mol. The third-order valence-corrected chi connectivity index (χ3v) is 21.3. The van der Waals surface area contributed by atoms with Gasteiger partial charge >= 0.3 is 39.5 Å². The minimum absolute atomic E-state index is 0.108. The topological polar surface area (TPSA) is 237 Å². The van der Waals surface area contributed by atoms with Crippen LogP contribution in [0.5, 0.6) is 0 Å². The van der Waals surface area contributed by atoms with Gasteiger partial charge in [0.2, 0.25) is 0 Å². The zero-order chi connectivity index (χ0) is 73.9. The first-order valence-electron chi connectivity index (χ1n) is 42.8. The predicted octanol–water partition coefficient (Wildman–Crippen LogP) is 25.0. The van der Waals surface area contributed by atoms with Gasteiger partial charge in [0.15, 0.2) is 12.2 Å². The summed E-state index contributed by atoms with van der Waals surface area (Å²) >= 11 is 0. The predicted molar refractivity (Wildman–Crippen MR) is 414 cm³/mol. The second-order valence-electron chi connectivity index (χ2n) is 29.5. The largest absolute Gasteiger partial charge is 0.472 e. The quantitative estimate of drug-likeness (QED) is 0.0222. The van der Waals surface area contributed by atoms with Gasteiger partial charge < -0.3 is 33.8 Å². The second kappa shape index (κ2) is 76.3. The van der Waals surface area contributed by atoms with Crippen LogP contribution in [0.2, 0.25) is 0 Å². The normalized spacial score (nSPS) is 13.8. The van der Waals surface area contributed by atoms with Gasteiger partial charge in [0.05, 0.1) is 26.4 Å². The maximum atomic E-state index is 13.1. The molecule has 0 amide bonds. The van der Waals surface area contributed by atoms with Crippen LogP contribution in [-0.4, -0.2) is 96.7 Å². The number of ether oxygens (including phenoxy) is 4. The molecule has 0 rings (SSSR count). The molecule has 0 radical (unpaired) electrons. The van der Waals surface area contributed by atoms with Crippen LogP contribution >= 0.6 is 15.6 Å². The molecule has 5 atom stereocenters. The molecule has 101 heavy (non-hydrogen) atoms. The van der Waals surface area contributed by atoms with E-state index in [0.717, 1.165) is 96.3 Å². The van der Waals surface area contributed by atoms with Crippen LogP contribution in [0.15, 0.2) is 0 Å². The molecule has 0 aliphatic rings. The molecule has 0 aromatic heterocycles. The molecule has 0 saturated heterocycles. The smallest absolute Gasteiger partial charge is 0.462 e. The van der Waals surface area contributed by atoms with Crippen LogP contribution in [-0.2, 0) is 65.4 Å². The highest BCUT2D eigenvalue weighted by Gasteiger charge is 2.30. The van der Waals surface area contributed by atoms with Gasteiger partial charge in [0.1, 0.15) is 19.3 Å². The van der Waals surface area contributed by atoms with Gasteiger partial charge in [0.25, 0.3) is 0 Å². The summed E-state index contributed by atoms with van der Waals surface area (Å²) in [6.45, 7) is 4.94. The van der Waals surface area contributed by atoms with E-state index in [0.29, 0.717) is 25.7 Å². The Morgan fingerprint density at radius 2 is 0.396 bits per heavy atom. The summed E-state index contributed by atoms with van der Waals surface area (Å²) in [5, 5.41) is 10.6. The van der Waals surface area contributed by atoms with Crippen molar-refractivity contribution >= 4 is 39.5 Å². The molecule has 0 heterocycles. The van der Waals surface area contributed by atoms with Gasteiger partial charge in [-0.2, -0.15) is 0 Å². The number of esters is 4. The number of unbranched alkanes of at least 4 members (excludes halogenated alkanes) is 57. The van der Waals surface area contributed by atoms with Crippen LogP contribution in [0, 0.1) is 0 Å². The molecule has 0 aromatic carbocycles. The summed E-state index contributed by atoms with van der Waals surface area (Å²) in [6, 6.07) is 0. The molecule has 2 unspecified atom stereocenters. The lowest BCUT2D eigenvalue weighted by Crippen LogP contribution is -2.30. The highest BCUT2D eigenvalue weighted by Crippen LogP contribution is 2.45. The second-order valence-corrected chi connectivity index (χ2v) is 32.4. The van der Waals surface area contributed by atoms with Crippen LogP contribution in [0.1, 0.15) is 445 Å². The number of hydrogen-bond donors (Lipinski definition) is 3. The molecular weight excluding hydrogens is 1320 g/mol. The van der Waals surface area contributed by atoms with Crippen molar-refractivity contribution in [1.29, 1.82) is 0 Å². The number of carbonyl (C=O) groups is 4. The molecular formula is C82H160O17P2. The van der Waals surface area contributed by atoms with Crippen LogP contribution in [0.3, 0.4) is 0 Å². The Balaban J connectivity index is 5.10. The third-order valence-electron chi connectivity index (χ3n) is 19.4. The van der Waals surface area contributed by atoms with E-state index in [9.17, 15) is 43.2 Å². The van der Waals surface area contributed by atoms with Crippen molar-refractivity contribution in [3.63, 3.8) is 0 Å². The van der Waals surface area contributed by atoms with E-state index >= 15 is 0 Å². The number of phosphoric ester groups is 2. The van der Waals surface area contributed by atoms with E-state index in [4.69, 9.17) is 37.0 Å². The summed E-state index contributed by atoms with van der Waals surface area (Å²) in [6.07, 6.45) is 70.0. The summed E-state index contributed by atoms with van der Waals surface area (Å²) in [4.78, 5) is 72.8. The molecule has 600 valence electrons. The lowest BCUT2D eigenvalue weighted by Gasteiger charge is -2.21. The van der Waals surface area contributed by atoms with Gasteiger partial charge in [-0.1, -0.05) is 394 Å². The molecule has 0 spiro atoms. The molecule has 0 fully saturated rings. The van der Waals surface area contributed by atoms with Gasteiger partial charge in [-0.25, -0.2) is 9.13 Å². The lowest BCUT2D eigenvalue weighted by atomic mass is 10.0. The number of rotatable bonds is 83. The maximum Gasteiger partial charge on any atom is 0.472 e. The summed E-state index contributed by atoms with van der Waals surface area (Å²) < 4.78 is 68.5. The number of aliphatic hydroxyl groups is 1. The molecule has 0 aliphatic carbocycles. The van der Waals surface area contributed by atoms with Crippen molar-refractivity contribution in [2.45, 2.75) is 463 Å². The highest BCUT2D eigenvalue weighted by atomic mass is 31.2. The van der Waals surface area contributed by atoms with E-state index in [1.165, 1.54) is 270 Å². The first-order chi connectivity index (χ1) is 49.2. The molecule has 0 aromatic rings. The van der Waals surface area contributed by atoms with Crippen molar-refractivity contribution in [1.82, 2.24) is 0 Å². The minimum Gasteiger partial charge on any atom is -0.462 e. The van der Waals surface area contributed by atoms with Crippen molar-refractivity contribution in [2.75, 3.05) is 39.6 Å². The highest BCUT2D eigenvalue weighted by molar-refractivity contribution is 7.47. The number of phosphoric acid groups is 2. The Bertz CT molecular complexity index is 1910. The van der Waals surface area contributed by atoms with Crippen LogP contribution in [0.4, 0.5) is 0 Å². The fourth-order valence-corrected chi connectivity index (χ4v) is 14.4. The van der Waals surface area contributed by atoms with Gasteiger partial charge in [-0.3, -0.25) is 37.3 Å².